The van der Waals surface area contributed by atoms with Gasteiger partial charge in [-0.05, 0) is 57.9 Å². The fourth-order valence-corrected chi connectivity index (χ4v) is 7.43. The molecule has 1 spiro atoms. The summed E-state index contributed by atoms with van der Waals surface area (Å²) in [7, 11) is -1.20. The number of hydrogen-bond acceptors (Lipinski definition) is 7. The molecule has 0 aromatic carbocycles. The summed E-state index contributed by atoms with van der Waals surface area (Å²) in [6.45, 7) is 8.90. The molecule has 3 aliphatic heterocycles. The van der Waals surface area contributed by atoms with E-state index in [-0.39, 0.29) is 23.4 Å². The van der Waals surface area contributed by atoms with Gasteiger partial charge in [0.25, 0.3) is 0 Å². The molecule has 2 aliphatic carbocycles. The molecule has 2 saturated heterocycles. The Balaban J connectivity index is 0.982. The molecule has 0 bridgehead atoms. The standard InChI is InChI=1S/C26H36N8O2S/c1-3-31-14-20(15-31)33-16-21(12-28-33)37(36)32-10-6-19(7-11-32)29-25-27-13-22-23(30-25)34(17(2)18-4-5-18)24(35)26(22)8-9-26/h12-13,16-20H,3-11,14-15H2,1-2H3,(H,27,29,30). The lowest BCUT2D eigenvalue weighted by atomic mass is 10.0. The summed E-state index contributed by atoms with van der Waals surface area (Å²) in [5, 5.41) is 8.00. The van der Waals surface area contributed by atoms with E-state index in [1.165, 1.54) is 12.8 Å². The molecule has 0 radical (unpaired) electrons. The number of aromatic nitrogens is 4. The molecule has 37 heavy (non-hydrogen) atoms. The topological polar surface area (TPSA) is 99.5 Å². The van der Waals surface area contributed by atoms with Crippen molar-refractivity contribution in [1.82, 2.24) is 29.0 Å². The Morgan fingerprint density at radius 1 is 1.16 bits per heavy atom. The van der Waals surface area contributed by atoms with Crippen molar-refractivity contribution < 1.29 is 9.00 Å². The minimum absolute atomic E-state index is 0.200. The first-order valence-corrected chi connectivity index (χ1v) is 15.0. The number of likely N-dealkylation sites (N-methyl/N-ethyl adjacent to an activating group) is 1. The number of likely N-dealkylation sites (tertiary alicyclic amines) is 1. The van der Waals surface area contributed by atoms with E-state index in [1.54, 1.807) is 6.20 Å². The zero-order valence-electron chi connectivity index (χ0n) is 21.7. The molecule has 2 aromatic heterocycles. The summed E-state index contributed by atoms with van der Waals surface area (Å²) in [5.74, 6) is 2.24. The smallest absolute Gasteiger partial charge is 0.239 e. The highest BCUT2D eigenvalue weighted by atomic mass is 32.2. The molecule has 2 aromatic rings. The van der Waals surface area contributed by atoms with E-state index in [0.717, 1.165) is 74.7 Å². The van der Waals surface area contributed by atoms with E-state index in [1.807, 2.05) is 26.3 Å². The van der Waals surface area contributed by atoms with Gasteiger partial charge in [-0.2, -0.15) is 10.1 Å². The maximum absolute atomic E-state index is 13.3. The van der Waals surface area contributed by atoms with Crippen LogP contribution in [0.5, 0.6) is 0 Å². The summed E-state index contributed by atoms with van der Waals surface area (Å²) in [4.78, 5) is 28.0. The fraction of sp³-hybridized carbons (Fsp3) is 0.692. The third-order valence-corrected chi connectivity index (χ3v) is 10.6. The van der Waals surface area contributed by atoms with E-state index in [2.05, 4.69) is 34.1 Å². The van der Waals surface area contributed by atoms with Gasteiger partial charge in [0.2, 0.25) is 11.9 Å². The molecule has 2 saturated carbocycles. The normalized spacial score (nSPS) is 25.8. The molecule has 11 heteroatoms. The lowest BCUT2D eigenvalue weighted by Crippen LogP contribution is -2.47. The number of amides is 1. The van der Waals surface area contributed by atoms with Crippen molar-refractivity contribution in [2.24, 2.45) is 5.92 Å². The van der Waals surface area contributed by atoms with Crippen LogP contribution in [0.15, 0.2) is 23.5 Å². The highest BCUT2D eigenvalue weighted by molar-refractivity contribution is 7.82. The molecule has 10 nitrogen and oxygen atoms in total. The van der Waals surface area contributed by atoms with Crippen LogP contribution in [0.2, 0.25) is 0 Å². The average Bonchev–Trinajstić information content (AvgIpc) is 3.80. The van der Waals surface area contributed by atoms with E-state index >= 15 is 0 Å². The average molecular weight is 525 g/mol. The molecular formula is C26H36N8O2S. The van der Waals surface area contributed by atoms with Crippen molar-refractivity contribution in [2.45, 2.75) is 80.8 Å². The van der Waals surface area contributed by atoms with Gasteiger partial charge in [-0.1, -0.05) is 6.92 Å². The summed E-state index contributed by atoms with van der Waals surface area (Å²) >= 11 is 0. The lowest BCUT2D eigenvalue weighted by molar-refractivity contribution is -0.120. The number of rotatable bonds is 8. The summed E-state index contributed by atoms with van der Waals surface area (Å²) < 4.78 is 17.2. The van der Waals surface area contributed by atoms with Gasteiger partial charge >= 0.3 is 0 Å². The molecule has 1 amide bonds. The minimum atomic E-state index is -1.20. The van der Waals surface area contributed by atoms with E-state index in [0.29, 0.717) is 17.9 Å². The first-order valence-electron chi connectivity index (χ1n) is 13.9. The van der Waals surface area contributed by atoms with Crippen LogP contribution < -0.4 is 10.2 Å². The number of anilines is 2. The highest BCUT2D eigenvalue weighted by Crippen LogP contribution is 2.58. The van der Waals surface area contributed by atoms with Crippen molar-refractivity contribution >= 4 is 28.7 Å². The third-order valence-electron chi connectivity index (χ3n) is 9.16. The summed E-state index contributed by atoms with van der Waals surface area (Å²) in [6.07, 6.45) is 11.5. The van der Waals surface area contributed by atoms with Crippen LogP contribution in [0, 0.1) is 5.92 Å². The Labute approximate surface area is 220 Å². The predicted molar refractivity (Wildman–Crippen MR) is 141 cm³/mol. The second-order valence-corrected chi connectivity index (χ2v) is 13.0. The van der Waals surface area contributed by atoms with Gasteiger partial charge in [-0.15, -0.1) is 0 Å². The second kappa shape index (κ2) is 8.84. The second-order valence-electron chi connectivity index (χ2n) is 11.5. The van der Waals surface area contributed by atoms with Crippen LogP contribution in [0.1, 0.15) is 64.0 Å². The number of carbonyl (C=O) groups excluding carboxylic acids is 1. The van der Waals surface area contributed by atoms with Gasteiger partial charge in [-0.3, -0.25) is 19.3 Å². The van der Waals surface area contributed by atoms with Crippen LogP contribution in [0.3, 0.4) is 0 Å². The zero-order chi connectivity index (χ0) is 25.3. The number of hydrogen-bond donors (Lipinski definition) is 1. The van der Waals surface area contributed by atoms with Gasteiger partial charge in [-0.25, -0.2) is 13.5 Å². The maximum atomic E-state index is 13.3. The lowest BCUT2D eigenvalue weighted by Gasteiger charge is -2.38. The monoisotopic (exact) mass is 524 g/mol. The van der Waals surface area contributed by atoms with Crippen molar-refractivity contribution in [3.05, 3.63) is 24.2 Å². The van der Waals surface area contributed by atoms with Crippen molar-refractivity contribution in [1.29, 1.82) is 0 Å². The SMILES string of the molecule is CCN1CC(n2cc(S(=O)N3CCC(Nc4ncc5c(n4)N(C(C)C4CC4)C(=O)C54CC4)CC3)cn2)C1. The van der Waals surface area contributed by atoms with Crippen molar-refractivity contribution in [3.63, 3.8) is 0 Å². The van der Waals surface area contributed by atoms with Crippen molar-refractivity contribution in [2.75, 3.05) is 42.9 Å². The summed E-state index contributed by atoms with van der Waals surface area (Å²) in [5.41, 5.74) is 0.666. The Morgan fingerprint density at radius 2 is 1.92 bits per heavy atom. The van der Waals surface area contributed by atoms with Crippen LogP contribution >= 0.6 is 0 Å². The summed E-state index contributed by atoms with van der Waals surface area (Å²) in [6, 6.07) is 0.804. The molecule has 5 heterocycles. The highest BCUT2D eigenvalue weighted by Gasteiger charge is 2.61. The first-order chi connectivity index (χ1) is 18.0. The molecule has 2 atom stereocenters. The van der Waals surface area contributed by atoms with Gasteiger partial charge in [0.15, 0.2) is 0 Å². The van der Waals surface area contributed by atoms with E-state index < -0.39 is 11.0 Å². The number of nitrogens with one attached hydrogen (secondary N) is 1. The van der Waals surface area contributed by atoms with Crippen LogP contribution in [0.4, 0.5) is 11.8 Å². The Kier molecular flexibility index (Phi) is 5.67. The Bertz CT molecular complexity index is 1230. The van der Waals surface area contributed by atoms with Crippen molar-refractivity contribution in [3.8, 4) is 0 Å². The number of fused-ring (bicyclic) bond motifs is 2. The Hall–Kier alpha value is -2.37. The van der Waals surface area contributed by atoms with Gasteiger partial charge in [0.05, 0.1) is 22.5 Å². The van der Waals surface area contributed by atoms with Gasteiger partial charge < -0.3 is 5.32 Å². The molecule has 5 aliphatic rings. The van der Waals surface area contributed by atoms with Crippen LogP contribution in [-0.4, -0.2) is 83.9 Å². The third kappa shape index (κ3) is 4.01. The number of nitrogens with zero attached hydrogens (tertiary/aromatic N) is 7. The molecular weight excluding hydrogens is 488 g/mol. The quantitative estimate of drug-likeness (QED) is 0.566. The minimum Gasteiger partial charge on any atom is -0.351 e. The molecule has 1 N–H and O–H groups in total. The van der Waals surface area contributed by atoms with Gasteiger partial charge in [0, 0.05) is 56.2 Å². The largest absolute Gasteiger partial charge is 0.351 e. The van der Waals surface area contributed by atoms with E-state index in [9.17, 15) is 9.00 Å². The molecule has 2 unspecified atom stereocenters. The number of piperidine rings is 1. The Morgan fingerprint density at radius 3 is 2.59 bits per heavy atom. The van der Waals surface area contributed by atoms with Crippen LogP contribution in [0.25, 0.3) is 0 Å². The molecule has 7 rings (SSSR count). The molecule has 198 valence electrons. The van der Waals surface area contributed by atoms with Gasteiger partial charge in [0.1, 0.15) is 16.8 Å². The van der Waals surface area contributed by atoms with Crippen LogP contribution in [-0.2, 0) is 21.2 Å². The molecule has 4 fully saturated rings. The maximum Gasteiger partial charge on any atom is 0.239 e. The first kappa shape index (κ1) is 23.7. The predicted octanol–water partition coefficient (Wildman–Crippen LogP) is 2.33. The zero-order valence-corrected chi connectivity index (χ0v) is 22.5. The van der Waals surface area contributed by atoms with E-state index in [4.69, 9.17) is 4.98 Å². The fourth-order valence-electron chi connectivity index (χ4n) is 6.26. The number of carbonyl (C=O) groups is 1.